The molecule has 0 aliphatic carbocycles. The average Bonchev–Trinajstić information content (AvgIpc) is 2.59. The fourth-order valence-electron chi connectivity index (χ4n) is 2.43. The van der Waals surface area contributed by atoms with Gasteiger partial charge in [0, 0.05) is 5.02 Å². The molecule has 2 aromatic rings. The van der Waals surface area contributed by atoms with Crippen LogP contribution in [0.25, 0.3) is 0 Å². The fourth-order valence-corrected chi connectivity index (χ4v) is 2.63. The van der Waals surface area contributed by atoms with Crippen molar-refractivity contribution in [3.63, 3.8) is 0 Å². The second-order valence-corrected chi connectivity index (χ2v) is 5.39. The van der Waals surface area contributed by atoms with Gasteiger partial charge in [0.05, 0.1) is 33.3 Å². The second kappa shape index (κ2) is 7.75. The zero-order chi connectivity index (χ0) is 16.8. The molecule has 4 nitrogen and oxygen atoms in total. The van der Waals surface area contributed by atoms with Crippen LogP contribution in [0, 0.1) is 11.3 Å². The maximum atomic E-state index is 9.57. The smallest absolute Gasteiger partial charge is 0.161 e. The Morgan fingerprint density at radius 3 is 2.22 bits per heavy atom. The number of nitrogens with zero attached hydrogens (tertiary/aromatic N) is 1. The van der Waals surface area contributed by atoms with Crippen molar-refractivity contribution < 1.29 is 14.2 Å². The standard InChI is InChI=1S/C18H18ClNO3/c1-21-16-7-5-15(19)9-13(16)8-14(11-20)12-4-6-17(22-2)18(10-12)23-3/h4-7,9-10,14H,8H2,1-3H3. The molecule has 5 heteroatoms. The Balaban J connectivity index is 2.34. The summed E-state index contributed by atoms with van der Waals surface area (Å²) >= 11 is 6.06. The average molecular weight is 332 g/mol. The molecular weight excluding hydrogens is 314 g/mol. The Bertz CT molecular complexity index is 725. The highest BCUT2D eigenvalue weighted by molar-refractivity contribution is 6.30. The van der Waals surface area contributed by atoms with Crippen LogP contribution in [-0.4, -0.2) is 21.3 Å². The molecule has 0 amide bonds. The predicted molar refractivity (Wildman–Crippen MR) is 89.6 cm³/mol. The molecule has 0 saturated heterocycles. The lowest BCUT2D eigenvalue weighted by molar-refractivity contribution is 0.354. The van der Waals surface area contributed by atoms with E-state index in [4.69, 9.17) is 25.8 Å². The molecule has 0 radical (unpaired) electrons. The van der Waals surface area contributed by atoms with Crippen LogP contribution >= 0.6 is 11.6 Å². The third-order valence-corrected chi connectivity index (χ3v) is 3.87. The van der Waals surface area contributed by atoms with Crippen LogP contribution in [0.4, 0.5) is 0 Å². The highest BCUT2D eigenvalue weighted by Crippen LogP contribution is 2.33. The van der Waals surface area contributed by atoms with Crippen LogP contribution in [0.2, 0.25) is 5.02 Å². The zero-order valence-corrected chi connectivity index (χ0v) is 14.1. The molecule has 120 valence electrons. The number of hydrogen-bond acceptors (Lipinski definition) is 4. The van der Waals surface area contributed by atoms with E-state index >= 15 is 0 Å². The largest absolute Gasteiger partial charge is 0.496 e. The molecule has 2 rings (SSSR count). The highest BCUT2D eigenvalue weighted by atomic mass is 35.5. The summed E-state index contributed by atoms with van der Waals surface area (Å²) in [6.45, 7) is 0. The van der Waals surface area contributed by atoms with E-state index in [1.165, 1.54) is 0 Å². The number of methoxy groups -OCH3 is 3. The summed E-state index contributed by atoms with van der Waals surface area (Å²) in [5.74, 6) is 1.61. The Labute approximate surface area is 141 Å². The third kappa shape index (κ3) is 3.88. The van der Waals surface area contributed by atoms with Crippen LogP contribution in [0.15, 0.2) is 36.4 Å². The molecule has 23 heavy (non-hydrogen) atoms. The summed E-state index contributed by atoms with van der Waals surface area (Å²) in [4.78, 5) is 0. The van der Waals surface area contributed by atoms with Crippen molar-refractivity contribution in [2.75, 3.05) is 21.3 Å². The zero-order valence-electron chi connectivity index (χ0n) is 13.3. The van der Waals surface area contributed by atoms with Gasteiger partial charge in [0.15, 0.2) is 11.5 Å². The number of rotatable bonds is 6. The fraction of sp³-hybridized carbons (Fsp3) is 0.278. The van der Waals surface area contributed by atoms with Gasteiger partial charge in [-0.25, -0.2) is 0 Å². The van der Waals surface area contributed by atoms with Crippen molar-refractivity contribution >= 4 is 11.6 Å². The number of halogens is 1. The van der Waals surface area contributed by atoms with Gasteiger partial charge in [0.25, 0.3) is 0 Å². The molecule has 1 unspecified atom stereocenters. The van der Waals surface area contributed by atoms with Crippen LogP contribution in [0.1, 0.15) is 17.0 Å². The number of benzene rings is 2. The molecule has 0 heterocycles. The van der Waals surface area contributed by atoms with Gasteiger partial charge in [0.1, 0.15) is 5.75 Å². The molecule has 0 N–H and O–H groups in total. The molecule has 0 saturated carbocycles. The quantitative estimate of drug-likeness (QED) is 0.795. The minimum absolute atomic E-state index is 0.345. The van der Waals surface area contributed by atoms with Crippen LogP contribution in [0.5, 0.6) is 17.2 Å². The number of nitriles is 1. The van der Waals surface area contributed by atoms with E-state index in [-0.39, 0.29) is 5.92 Å². The first kappa shape index (κ1) is 17.0. The van der Waals surface area contributed by atoms with E-state index in [2.05, 4.69) is 6.07 Å². The lowest BCUT2D eigenvalue weighted by atomic mass is 9.92. The first-order valence-electron chi connectivity index (χ1n) is 7.06. The van der Waals surface area contributed by atoms with E-state index in [1.54, 1.807) is 39.5 Å². The van der Waals surface area contributed by atoms with Gasteiger partial charge >= 0.3 is 0 Å². The molecule has 0 fully saturated rings. The summed E-state index contributed by atoms with van der Waals surface area (Å²) in [5.41, 5.74) is 1.74. The van der Waals surface area contributed by atoms with Gasteiger partial charge in [0.2, 0.25) is 0 Å². The summed E-state index contributed by atoms with van der Waals surface area (Å²) in [6.07, 6.45) is 0.496. The summed E-state index contributed by atoms with van der Waals surface area (Å²) < 4.78 is 15.9. The van der Waals surface area contributed by atoms with Crippen molar-refractivity contribution in [1.29, 1.82) is 5.26 Å². The van der Waals surface area contributed by atoms with Crippen molar-refractivity contribution in [2.45, 2.75) is 12.3 Å². The monoisotopic (exact) mass is 331 g/mol. The maximum absolute atomic E-state index is 9.57. The van der Waals surface area contributed by atoms with Crippen molar-refractivity contribution in [2.24, 2.45) is 0 Å². The molecule has 0 spiro atoms. The molecule has 0 aliphatic rings. The Morgan fingerprint density at radius 1 is 0.957 bits per heavy atom. The SMILES string of the molecule is COc1ccc(Cl)cc1CC(C#N)c1ccc(OC)c(OC)c1. The van der Waals surface area contributed by atoms with Gasteiger partial charge in [-0.05, 0) is 47.9 Å². The van der Waals surface area contributed by atoms with E-state index in [1.807, 2.05) is 18.2 Å². The van der Waals surface area contributed by atoms with Crippen LogP contribution < -0.4 is 14.2 Å². The first-order chi connectivity index (χ1) is 11.1. The van der Waals surface area contributed by atoms with Gasteiger partial charge in [-0.3, -0.25) is 0 Å². The minimum Gasteiger partial charge on any atom is -0.496 e. The normalized spacial score (nSPS) is 11.4. The van der Waals surface area contributed by atoms with Crippen LogP contribution in [-0.2, 0) is 6.42 Å². The van der Waals surface area contributed by atoms with Gasteiger partial charge in [-0.1, -0.05) is 17.7 Å². The third-order valence-electron chi connectivity index (χ3n) is 3.63. The van der Waals surface area contributed by atoms with Crippen LogP contribution in [0.3, 0.4) is 0 Å². The molecule has 0 bridgehead atoms. The summed E-state index contributed by atoms with van der Waals surface area (Å²) in [7, 11) is 4.75. The first-order valence-corrected chi connectivity index (χ1v) is 7.44. The lowest BCUT2D eigenvalue weighted by Gasteiger charge is -2.15. The van der Waals surface area contributed by atoms with Crippen molar-refractivity contribution in [1.82, 2.24) is 0 Å². The highest BCUT2D eigenvalue weighted by Gasteiger charge is 2.17. The van der Waals surface area contributed by atoms with Crippen molar-refractivity contribution in [3.05, 3.63) is 52.5 Å². The Hall–Kier alpha value is -2.38. The number of hydrogen-bond donors (Lipinski definition) is 0. The minimum atomic E-state index is -0.345. The Kier molecular flexibility index (Phi) is 5.72. The maximum Gasteiger partial charge on any atom is 0.161 e. The molecule has 2 aromatic carbocycles. The lowest BCUT2D eigenvalue weighted by Crippen LogP contribution is -2.03. The molecule has 0 aromatic heterocycles. The number of ether oxygens (including phenoxy) is 3. The molecule has 0 aliphatic heterocycles. The Morgan fingerprint density at radius 2 is 1.61 bits per heavy atom. The second-order valence-electron chi connectivity index (χ2n) is 4.96. The van der Waals surface area contributed by atoms with E-state index in [0.29, 0.717) is 22.9 Å². The van der Waals surface area contributed by atoms with Gasteiger partial charge in [-0.15, -0.1) is 0 Å². The topological polar surface area (TPSA) is 51.5 Å². The molecule has 1 atom stereocenters. The van der Waals surface area contributed by atoms with Crippen molar-refractivity contribution in [3.8, 4) is 23.3 Å². The summed E-state index contributed by atoms with van der Waals surface area (Å²) in [6, 6.07) is 13.2. The van der Waals surface area contributed by atoms with E-state index in [0.717, 1.165) is 16.9 Å². The van der Waals surface area contributed by atoms with E-state index < -0.39 is 0 Å². The van der Waals surface area contributed by atoms with E-state index in [9.17, 15) is 5.26 Å². The van der Waals surface area contributed by atoms with Gasteiger partial charge in [-0.2, -0.15) is 5.26 Å². The summed E-state index contributed by atoms with van der Waals surface area (Å²) in [5, 5.41) is 10.2. The van der Waals surface area contributed by atoms with Gasteiger partial charge < -0.3 is 14.2 Å². The molecular formula is C18H18ClNO3. The predicted octanol–water partition coefficient (Wildman–Crippen LogP) is 4.22.